The second-order valence-corrected chi connectivity index (χ2v) is 8.17. The van der Waals surface area contributed by atoms with Crippen molar-refractivity contribution < 1.29 is 0 Å². The number of hydrogen-bond acceptors (Lipinski definition) is 7. The molecule has 10 nitrogen and oxygen atoms in total. The van der Waals surface area contributed by atoms with E-state index in [0.717, 1.165) is 22.9 Å². The Balaban J connectivity index is 1.45. The van der Waals surface area contributed by atoms with Crippen molar-refractivity contribution in [2.24, 2.45) is 0 Å². The van der Waals surface area contributed by atoms with Crippen molar-refractivity contribution in [1.29, 1.82) is 0 Å². The maximum Gasteiger partial charge on any atom is 0.181 e. The third kappa shape index (κ3) is 3.85. The number of benzene rings is 1. The molecule has 3 heterocycles. The molecule has 1 saturated carbocycles. The number of terminal acetylenes is 1. The number of rotatable bonds is 8. The zero-order valence-corrected chi connectivity index (χ0v) is 18.0. The van der Waals surface area contributed by atoms with Crippen LogP contribution >= 0.6 is 0 Å². The fourth-order valence-corrected chi connectivity index (χ4v) is 3.64. The van der Waals surface area contributed by atoms with Crippen LogP contribution in [0.3, 0.4) is 0 Å². The predicted octanol–water partition coefficient (Wildman–Crippen LogP) is 2.95. The molecule has 10 heteroatoms. The van der Waals surface area contributed by atoms with Crippen LogP contribution in [0.15, 0.2) is 36.7 Å². The minimum Gasteiger partial charge on any atom is -0.369 e. The summed E-state index contributed by atoms with van der Waals surface area (Å²) in [4.78, 5) is 9.18. The van der Waals surface area contributed by atoms with Crippen LogP contribution in [0.25, 0.3) is 11.4 Å². The third-order valence-electron chi connectivity index (χ3n) is 5.45. The zero-order valence-electron chi connectivity index (χ0n) is 18.0. The molecule has 0 radical (unpaired) electrons. The molecular weight excluding hydrogens is 404 g/mol. The minimum absolute atomic E-state index is 0.0918. The van der Waals surface area contributed by atoms with E-state index in [2.05, 4.69) is 46.9 Å². The molecule has 32 heavy (non-hydrogen) atoms. The summed E-state index contributed by atoms with van der Waals surface area (Å²) in [5, 5.41) is 23.3. The number of aromatic nitrogens is 9. The monoisotopic (exact) mass is 428 g/mol. The Morgan fingerprint density at radius 3 is 2.75 bits per heavy atom. The Bertz CT molecular complexity index is 1240. The fraction of sp³-hybridized carbons (Fsp3) is 0.364. The van der Waals surface area contributed by atoms with Gasteiger partial charge in [0.05, 0.1) is 12.6 Å². The van der Waals surface area contributed by atoms with Crippen molar-refractivity contribution in [3.8, 4) is 23.7 Å². The summed E-state index contributed by atoms with van der Waals surface area (Å²) in [7, 11) is 0. The van der Waals surface area contributed by atoms with Gasteiger partial charge in [-0.25, -0.2) is 14.6 Å². The van der Waals surface area contributed by atoms with E-state index in [0.29, 0.717) is 24.1 Å². The number of aromatic amines is 1. The van der Waals surface area contributed by atoms with Gasteiger partial charge >= 0.3 is 0 Å². The maximum absolute atomic E-state index is 5.56. The van der Waals surface area contributed by atoms with Gasteiger partial charge in [-0.3, -0.25) is 5.10 Å². The third-order valence-corrected chi connectivity index (χ3v) is 5.45. The van der Waals surface area contributed by atoms with E-state index in [1.165, 1.54) is 12.8 Å². The first-order valence-corrected chi connectivity index (χ1v) is 10.7. The first-order valence-electron chi connectivity index (χ1n) is 10.7. The molecule has 0 aliphatic heterocycles. The standard InChI is InChI=1S/C22H24N10/c1-4-12-31-13-11-23-21(31)18(22-28-29-30-32(22)14(2)3)24-17-9-7-16(8-10-17)20-25-19(26-27-20)15-5-6-15/h1,7-11,13-15,18,24H,5-6,12H2,2-3H3,(H,25,26,27). The van der Waals surface area contributed by atoms with Crippen molar-refractivity contribution in [3.05, 3.63) is 54.1 Å². The molecular formula is C22H24N10. The molecule has 1 atom stereocenters. The lowest BCUT2D eigenvalue weighted by molar-refractivity contribution is 0.483. The number of hydrogen-bond donors (Lipinski definition) is 2. The summed E-state index contributed by atoms with van der Waals surface area (Å²) >= 11 is 0. The van der Waals surface area contributed by atoms with Crippen LogP contribution in [-0.2, 0) is 6.54 Å². The normalized spacial score (nSPS) is 14.4. The van der Waals surface area contributed by atoms with E-state index in [4.69, 9.17) is 6.42 Å². The summed E-state index contributed by atoms with van der Waals surface area (Å²) < 4.78 is 3.70. The highest BCUT2D eigenvalue weighted by atomic mass is 15.6. The lowest BCUT2D eigenvalue weighted by atomic mass is 10.1. The van der Waals surface area contributed by atoms with Crippen molar-refractivity contribution >= 4 is 5.69 Å². The molecule has 1 aromatic carbocycles. The lowest BCUT2D eigenvalue weighted by Gasteiger charge is -2.21. The Kier molecular flexibility index (Phi) is 5.15. The molecule has 1 aliphatic rings. The number of H-pyrrole nitrogens is 1. The van der Waals surface area contributed by atoms with Crippen LogP contribution in [0.5, 0.6) is 0 Å². The number of imidazole rings is 1. The molecule has 162 valence electrons. The van der Waals surface area contributed by atoms with Gasteiger partial charge in [-0.05, 0) is 61.4 Å². The number of tetrazole rings is 1. The first kappa shape index (κ1) is 19.9. The van der Waals surface area contributed by atoms with E-state index in [-0.39, 0.29) is 12.1 Å². The topological polar surface area (TPSA) is 115 Å². The molecule has 0 spiro atoms. The molecule has 1 fully saturated rings. The molecule has 0 bridgehead atoms. The second kappa shape index (κ2) is 8.26. The van der Waals surface area contributed by atoms with E-state index in [9.17, 15) is 0 Å². The van der Waals surface area contributed by atoms with Crippen molar-refractivity contribution in [1.82, 2.24) is 44.9 Å². The van der Waals surface area contributed by atoms with Gasteiger partial charge < -0.3 is 9.88 Å². The summed E-state index contributed by atoms with van der Waals surface area (Å²) in [6.07, 6.45) is 11.5. The van der Waals surface area contributed by atoms with Gasteiger partial charge in [0, 0.05) is 29.6 Å². The maximum atomic E-state index is 5.56. The highest BCUT2D eigenvalue weighted by Crippen LogP contribution is 2.38. The molecule has 3 aromatic heterocycles. The van der Waals surface area contributed by atoms with E-state index in [1.807, 2.05) is 48.9 Å². The highest BCUT2D eigenvalue weighted by Gasteiger charge is 2.28. The fourth-order valence-electron chi connectivity index (χ4n) is 3.64. The average molecular weight is 429 g/mol. The van der Waals surface area contributed by atoms with Crippen molar-refractivity contribution in [3.63, 3.8) is 0 Å². The number of anilines is 1. The van der Waals surface area contributed by atoms with Crippen LogP contribution < -0.4 is 5.32 Å². The summed E-state index contributed by atoms with van der Waals surface area (Å²) in [6.45, 7) is 4.47. The highest BCUT2D eigenvalue weighted by molar-refractivity contribution is 5.60. The predicted molar refractivity (Wildman–Crippen MR) is 119 cm³/mol. The van der Waals surface area contributed by atoms with Gasteiger partial charge in [-0.15, -0.1) is 11.5 Å². The van der Waals surface area contributed by atoms with Crippen molar-refractivity contribution in [2.75, 3.05) is 5.32 Å². The smallest absolute Gasteiger partial charge is 0.181 e. The van der Waals surface area contributed by atoms with E-state index < -0.39 is 0 Å². The first-order chi connectivity index (χ1) is 15.6. The van der Waals surface area contributed by atoms with E-state index in [1.54, 1.807) is 10.9 Å². The average Bonchev–Trinajstić information content (AvgIpc) is 3.20. The van der Waals surface area contributed by atoms with Crippen LogP contribution in [0.1, 0.15) is 62.2 Å². The molecule has 0 saturated heterocycles. The molecule has 1 unspecified atom stereocenters. The van der Waals surface area contributed by atoms with Crippen LogP contribution in [-0.4, -0.2) is 44.9 Å². The Hall–Kier alpha value is -4.00. The van der Waals surface area contributed by atoms with Gasteiger partial charge in [-0.1, -0.05) is 5.92 Å². The van der Waals surface area contributed by atoms with E-state index >= 15 is 0 Å². The Labute approximate surface area is 185 Å². The molecule has 1 aliphatic carbocycles. The van der Waals surface area contributed by atoms with Gasteiger partial charge in [0.15, 0.2) is 11.6 Å². The number of nitrogens with zero attached hydrogens (tertiary/aromatic N) is 8. The second-order valence-electron chi connectivity index (χ2n) is 8.17. The Morgan fingerprint density at radius 2 is 2.03 bits per heavy atom. The summed E-state index contributed by atoms with van der Waals surface area (Å²) in [6, 6.07) is 7.69. The molecule has 4 aromatic rings. The van der Waals surface area contributed by atoms with Crippen LogP contribution in [0.2, 0.25) is 0 Å². The largest absolute Gasteiger partial charge is 0.369 e. The SMILES string of the molecule is C#CCn1ccnc1C(Nc1ccc(-c2n[nH]c(C3CC3)n2)cc1)c1nnnn1C(C)C. The lowest BCUT2D eigenvalue weighted by Crippen LogP contribution is -2.23. The zero-order chi connectivity index (χ0) is 22.1. The van der Waals surface area contributed by atoms with Gasteiger partial charge in [-0.2, -0.15) is 5.10 Å². The molecule has 2 N–H and O–H groups in total. The van der Waals surface area contributed by atoms with Gasteiger partial charge in [0.25, 0.3) is 0 Å². The van der Waals surface area contributed by atoms with Crippen LogP contribution in [0.4, 0.5) is 5.69 Å². The van der Waals surface area contributed by atoms with Crippen molar-refractivity contribution in [2.45, 2.75) is 51.2 Å². The number of nitrogens with one attached hydrogen (secondary N) is 2. The minimum atomic E-state index is -0.383. The van der Waals surface area contributed by atoms with Crippen LogP contribution in [0, 0.1) is 12.3 Å². The van der Waals surface area contributed by atoms with Gasteiger partial charge in [0.1, 0.15) is 17.7 Å². The quantitative estimate of drug-likeness (QED) is 0.415. The summed E-state index contributed by atoms with van der Waals surface area (Å²) in [5.74, 6) is 6.30. The summed E-state index contributed by atoms with van der Waals surface area (Å²) in [5.41, 5.74) is 1.85. The van der Waals surface area contributed by atoms with Gasteiger partial charge in [0.2, 0.25) is 0 Å². The molecule has 0 amide bonds. The Morgan fingerprint density at radius 1 is 1.22 bits per heavy atom. The molecule has 5 rings (SSSR count).